The molecule has 0 saturated carbocycles. The molecule has 2 aromatic carbocycles. The van der Waals surface area contributed by atoms with Crippen LogP contribution in [-0.2, 0) is 11.2 Å². The first-order valence-corrected chi connectivity index (χ1v) is 8.37. The highest BCUT2D eigenvalue weighted by Gasteiger charge is 2.18. The predicted molar refractivity (Wildman–Crippen MR) is 98.0 cm³/mol. The monoisotopic (exact) mass is 335 g/mol. The van der Waals surface area contributed by atoms with Gasteiger partial charge in [-0.3, -0.25) is 4.79 Å². The molecule has 1 aromatic heterocycles. The summed E-state index contributed by atoms with van der Waals surface area (Å²) >= 11 is 0. The lowest BCUT2D eigenvalue weighted by molar-refractivity contribution is -0.141. The van der Waals surface area contributed by atoms with Crippen LogP contribution in [0.5, 0.6) is 5.75 Å². The van der Waals surface area contributed by atoms with E-state index in [1.54, 1.807) is 18.2 Å². The third-order valence-corrected chi connectivity index (χ3v) is 4.46. The fourth-order valence-corrected chi connectivity index (χ4v) is 3.04. The maximum Gasteiger partial charge on any atom is 0.306 e. The number of aromatic nitrogens is 1. The van der Waals surface area contributed by atoms with Gasteiger partial charge in [0, 0.05) is 18.1 Å². The van der Waals surface area contributed by atoms with Crippen LogP contribution in [0.3, 0.4) is 0 Å². The highest BCUT2D eigenvalue weighted by Crippen LogP contribution is 2.30. The number of aromatic hydroxyl groups is 1. The minimum Gasteiger partial charge on any atom is -0.508 e. The normalized spacial score (nSPS) is 12.0. The highest BCUT2D eigenvalue weighted by molar-refractivity contribution is 5.74. The molecule has 1 heterocycles. The Morgan fingerprint density at radius 2 is 1.84 bits per heavy atom. The summed E-state index contributed by atoms with van der Waals surface area (Å²) in [6.45, 7) is 1.89. The van der Waals surface area contributed by atoms with Gasteiger partial charge in [0.05, 0.1) is 5.92 Å². The topological polar surface area (TPSA) is 62.5 Å². The number of phenols is 1. The van der Waals surface area contributed by atoms with Gasteiger partial charge in [-0.1, -0.05) is 25.1 Å². The zero-order chi connectivity index (χ0) is 17.8. The van der Waals surface area contributed by atoms with Crippen molar-refractivity contribution in [2.75, 3.05) is 0 Å². The van der Waals surface area contributed by atoms with Crippen LogP contribution < -0.4 is 0 Å². The average molecular weight is 335 g/mol. The third kappa shape index (κ3) is 3.74. The second kappa shape index (κ2) is 7.26. The molecule has 4 nitrogen and oxygen atoms in total. The number of phenolic OH excluding ortho intramolecular Hbond substituents is 1. The van der Waals surface area contributed by atoms with Crippen molar-refractivity contribution < 1.29 is 15.0 Å². The van der Waals surface area contributed by atoms with Crippen LogP contribution in [0.1, 0.15) is 18.9 Å². The van der Waals surface area contributed by atoms with Crippen LogP contribution in [0.15, 0.2) is 67.0 Å². The molecule has 0 spiro atoms. The van der Waals surface area contributed by atoms with Crippen LogP contribution in [-0.4, -0.2) is 20.7 Å². The Hall–Kier alpha value is -3.01. The Balaban J connectivity index is 2.08. The number of hydrogen-bond donors (Lipinski definition) is 2. The minimum absolute atomic E-state index is 0.197. The maximum absolute atomic E-state index is 11.5. The maximum atomic E-state index is 11.5. The molecule has 3 aromatic rings. The Labute approximate surface area is 147 Å². The summed E-state index contributed by atoms with van der Waals surface area (Å²) in [6.07, 6.45) is 4.94. The van der Waals surface area contributed by atoms with Crippen molar-refractivity contribution in [1.82, 2.24) is 4.57 Å². The molecule has 0 fully saturated rings. The fraction of sp³-hybridized carbons (Fsp3) is 0.190. The number of nitrogens with zero attached hydrogens (tertiary/aromatic N) is 1. The zero-order valence-corrected chi connectivity index (χ0v) is 14.1. The Morgan fingerprint density at radius 1 is 1.08 bits per heavy atom. The van der Waals surface area contributed by atoms with Gasteiger partial charge in [-0.25, -0.2) is 0 Å². The molecule has 0 bridgehead atoms. The number of hydrogen-bond acceptors (Lipinski definition) is 2. The van der Waals surface area contributed by atoms with Crippen molar-refractivity contribution in [2.24, 2.45) is 5.92 Å². The van der Waals surface area contributed by atoms with E-state index < -0.39 is 11.9 Å². The van der Waals surface area contributed by atoms with Crippen molar-refractivity contribution in [1.29, 1.82) is 0 Å². The second-order valence-corrected chi connectivity index (χ2v) is 6.13. The lowest BCUT2D eigenvalue weighted by Gasteiger charge is -2.16. The van der Waals surface area contributed by atoms with Crippen LogP contribution in [0.4, 0.5) is 0 Å². The van der Waals surface area contributed by atoms with Crippen molar-refractivity contribution in [3.8, 4) is 22.6 Å². The van der Waals surface area contributed by atoms with Crippen LogP contribution in [0.25, 0.3) is 16.8 Å². The number of aliphatic carboxylic acids is 1. The summed E-state index contributed by atoms with van der Waals surface area (Å²) < 4.78 is 2.00. The van der Waals surface area contributed by atoms with Gasteiger partial charge in [0.15, 0.2) is 0 Å². The van der Waals surface area contributed by atoms with Gasteiger partial charge in [-0.15, -0.1) is 0 Å². The van der Waals surface area contributed by atoms with E-state index in [0.717, 1.165) is 22.4 Å². The van der Waals surface area contributed by atoms with E-state index in [4.69, 9.17) is 0 Å². The number of carboxylic acid groups (broad SMARTS) is 1. The standard InChI is InChI=1S/C21H21NO3/c1-2-15(21(24)25)12-17-13-18(22-10-3-4-11-22)8-9-20(17)16-6-5-7-19(23)14-16/h3-11,13-15,23H,2,12H2,1H3,(H,24,25). The quantitative estimate of drug-likeness (QED) is 0.697. The first-order chi connectivity index (χ1) is 12.1. The molecule has 0 amide bonds. The number of rotatable bonds is 6. The Kier molecular flexibility index (Phi) is 4.89. The molecule has 1 atom stereocenters. The largest absolute Gasteiger partial charge is 0.508 e. The van der Waals surface area contributed by atoms with E-state index in [9.17, 15) is 15.0 Å². The molecule has 3 rings (SSSR count). The van der Waals surface area contributed by atoms with Crippen molar-refractivity contribution in [3.63, 3.8) is 0 Å². The summed E-state index contributed by atoms with van der Waals surface area (Å²) in [5.74, 6) is -1.02. The minimum atomic E-state index is -0.782. The Morgan fingerprint density at radius 3 is 2.48 bits per heavy atom. The van der Waals surface area contributed by atoms with E-state index in [0.29, 0.717) is 12.8 Å². The zero-order valence-electron chi connectivity index (χ0n) is 14.1. The van der Waals surface area contributed by atoms with Gasteiger partial charge in [0.2, 0.25) is 0 Å². The summed E-state index contributed by atoms with van der Waals surface area (Å²) in [4.78, 5) is 11.5. The number of carboxylic acids is 1. The van der Waals surface area contributed by atoms with Crippen molar-refractivity contribution in [3.05, 3.63) is 72.6 Å². The molecule has 0 saturated heterocycles. The molecule has 128 valence electrons. The van der Waals surface area contributed by atoms with Crippen LogP contribution in [0.2, 0.25) is 0 Å². The molecule has 1 unspecified atom stereocenters. The molecular weight excluding hydrogens is 314 g/mol. The van der Waals surface area contributed by atoms with Crippen LogP contribution in [0, 0.1) is 5.92 Å². The van der Waals surface area contributed by atoms with E-state index in [-0.39, 0.29) is 5.75 Å². The lowest BCUT2D eigenvalue weighted by Crippen LogP contribution is -2.16. The van der Waals surface area contributed by atoms with Gasteiger partial charge < -0.3 is 14.8 Å². The molecule has 2 N–H and O–H groups in total. The number of carbonyl (C=O) groups is 1. The molecule has 0 aliphatic carbocycles. The van der Waals surface area contributed by atoms with Gasteiger partial charge >= 0.3 is 5.97 Å². The number of benzene rings is 2. The molecule has 25 heavy (non-hydrogen) atoms. The van der Waals surface area contributed by atoms with Gasteiger partial charge in [-0.2, -0.15) is 0 Å². The summed E-state index contributed by atoms with van der Waals surface area (Å²) in [5.41, 5.74) is 3.79. The summed E-state index contributed by atoms with van der Waals surface area (Å²) in [7, 11) is 0. The lowest BCUT2D eigenvalue weighted by atomic mass is 9.90. The van der Waals surface area contributed by atoms with Gasteiger partial charge in [0.25, 0.3) is 0 Å². The third-order valence-electron chi connectivity index (χ3n) is 4.46. The average Bonchev–Trinajstić information content (AvgIpc) is 3.14. The molecule has 0 aliphatic rings. The first kappa shape index (κ1) is 16.8. The molecule has 0 radical (unpaired) electrons. The van der Waals surface area contributed by atoms with Gasteiger partial charge in [0.1, 0.15) is 5.75 Å². The summed E-state index contributed by atoms with van der Waals surface area (Å²) in [5, 5.41) is 19.2. The van der Waals surface area contributed by atoms with E-state index in [2.05, 4.69) is 0 Å². The molecular formula is C21H21NO3. The van der Waals surface area contributed by atoms with Crippen molar-refractivity contribution >= 4 is 5.97 Å². The van der Waals surface area contributed by atoms with E-state index in [1.165, 1.54) is 0 Å². The highest BCUT2D eigenvalue weighted by atomic mass is 16.4. The predicted octanol–water partition coefficient (Wildman–Crippen LogP) is 4.50. The van der Waals surface area contributed by atoms with E-state index >= 15 is 0 Å². The second-order valence-electron chi connectivity index (χ2n) is 6.13. The SMILES string of the molecule is CCC(Cc1cc(-n2cccc2)ccc1-c1cccc(O)c1)C(=O)O. The molecule has 4 heteroatoms. The fourth-order valence-electron chi connectivity index (χ4n) is 3.04. The van der Waals surface area contributed by atoms with E-state index in [1.807, 2.05) is 60.3 Å². The van der Waals surface area contributed by atoms with Crippen molar-refractivity contribution in [2.45, 2.75) is 19.8 Å². The summed E-state index contributed by atoms with van der Waals surface area (Å²) in [6, 6.07) is 17.0. The van der Waals surface area contributed by atoms with Crippen LogP contribution >= 0.6 is 0 Å². The smallest absolute Gasteiger partial charge is 0.306 e. The molecule has 0 aliphatic heterocycles. The van der Waals surface area contributed by atoms with Gasteiger partial charge in [-0.05, 0) is 65.9 Å². The first-order valence-electron chi connectivity index (χ1n) is 8.37. The Bertz CT molecular complexity index is 869.